The molecule has 4 nitrogen and oxygen atoms in total. The highest BCUT2D eigenvalue weighted by Crippen LogP contribution is 2.30. The lowest BCUT2D eigenvalue weighted by Crippen LogP contribution is -2.42. The lowest BCUT2D eigenvalue weighted by molar-refractivity contribution is -0.149. The number of nitrogens with one attached hydrogen (secondary N) is 1. The molecule has 0 spiro atoms. The Hall–Kier alpha value is -1.06. The molecule has 1 saturated carbocycles. The van der Waals surface area contributed by atoms with Gasteiger partial charge in [0.1, 0.15) is 0 Å². The zero-order valence-corrected chi connectivity index (χ0v) is 11.0. The third kappa shape index (κ3) is 4.36. The Morgan fingerprint density at radius 3 is 2.18 bits per heavy atom. The summed E-state index contributed by atoms with van der Waals surface area (Å²) in [6, 6.07) is 0. The molecular formula is C13H23NO3. The van der Waals surface area contributed by atoms with Gasteiger partial charge in [-0.15, -0.1) is 0 Å². The van der Waals surface area contributed by atoms with Crippen LogP contribution in [0.3, 0.4) is 0 Å². The van der Waals surface area contributed by atoms with E-state index in [1.54, 1.807) is 0 Å². The lowest BCUT2D eigenvalue weighted by atomic mass is 9.78. The van der Waals surface area contributed by atoms with Gasteiger partial charge in [0.25, 0.3) is 0 Å². The Bertz CT molecular complexity index is 294. The minimum absolute atomic E-state index is 0.0308. The number of aliphatic carboxylic acids is 1. The van der Waals surface area contributed by atoms with Gasteiger partial charge in [-0.3, -0.25) is 9.59 Å². The largest absolute Gasteiger partial charge is 0.481 e. The van der Waals surface area contributed by atoms with E-state index in [4.69, 9.17) is 5.11 Å². The van der Waals surface area contributed by atoms with E-state index in [9.17, 15) is 9.59 Å². The van der Waals surface area contributed by atoms with Crippen LogP contribution in [0.1, 0.15) is 46.5 Å². The van der Waals surface area contributed by atoms with Crippen LogP contribution in [-0.4, -0.2) is 23.5 Å². The van der Waals surface area contributed by atoms with Gasteiger partial charge in [-0.2, -0.15) is 0 Å². The Kier molecular flexibility index (Phi) is 4.54. The Morgan fingerprint density at radius 1 is 1.18 bits per heavy atom. The van der Waals surface area contributed by atoms with Crippen molar-refractivity contribution in [1.29, 1.82) is 0 Å². The van der Waals surface area contributed by atoms with Crippen molar-refractivity contribution in [3.8, 4) is 0 Å². The average molecular weight is 241 g/mol. The second-order valence-electron chi connectivity index (χ2n) is 6.11. The zero-order chi connectivity index (χ0) is 13.1. The number of hydrogen-bond acceptors (Lipinski definition) is 2. The number of hydrogen-bond donors (Lipinski definition) is 2. The fourth-order valence-electron chi connectivity index (χ4n) is 2.22. The molecule has 0 aromatic carbocycles. The van der Waals surface area contributed by atoms with E-state index in [1.165, 1.54) is 0 Å². The van der Waals surface area contributed by atoms with Crippen molar-refractivity contribution in [2.24, 2.45) is 17.3 Å². The Labute approximate surface area is 103 Å². The fourth-order valence-corrected chi connectivity index (χ4v) is 2.22. The summed E-state index contributed by atoms with van der Waals surface area (Å²) < 4.78 is 0. The number of carboxylic acid groups (broad SMARTS) is 1. The van der Waals surface area contributed by atoms with Crippen LogP contribution in [0.5, 0.6) is 0 Å². The lowest BCUT2D eigenvalue weighted by Gasteiger charge is -2.29. The van der Waals surface area contributed by atoms with E-state index in [2.05, 4.69) is 5.32 Å². The van der Waals surface area contributed by atoms with Crippen LogP contribution in [0, 0.1) is 17.3 Å². The van der Waals surface area contributed by atoms with Gasteiger partial charge >= 0.3 is 5.97 Å². The summed E-state index contributed by atoms with van der Waals surface area (Å²) >= 11 is 0. The predicted molar refractivity (Wildman–Crippen MR) is 65.5 cm³/mol. The predicted octanol–water partition coefficient (Wildman–Crippen LogP) is 2.04. The summed E-state index contributed by atoms with van der Waals surface area (Å²) in [5.41, 5.74) is 0.0308. The van der Waals surface area contributed by atoms with Gasteiger partial charge in [0, 0.05) is 6.54 Å². The van der Waals surface area contributed by atoms with Crippen LogP contribution in [0.4, 0.5) is 0 Å². The topological polar surface area (TPSA) is 66.4 Å². The van der Waals surface area contributed by atoms with E-state index >= 15 is 0 Å². The molecule has 1 fully saturated rings. The highest BCUT2D eigenvalue weighted by Gasteiger charge is 2.35. The molecule has 0 heterocycles. The van der Waals surface area contributed by atoms with Crippen LogP contribution in [0.25, 0.3) is 0 Å². The van der Waals surface area contributed by atoms with Gasteiger partial charge in [-0.25, -0.2) is 0 Å². The van der Waals surface area contributed by atoms with Crippen LogP contribution < -0.4 is 5.32 Å². The van der Waals surface area contributed by atoms with Gasteiger partial charge < -0.3 is 10.4 Å². The van der Waals surface area contributed by atoms with Gasteiger partial charge in [-0.1, -0.05) is 33.6 Å². The molecular weight excluding hydrogens is 218 g/mol. The standard InChI is InChI=1S/C13H23NO3/c1-13(2,3)8-14-11(15)9-6-4-5-7-10(9)12(16)17/h9-10H,4-8H2,1-3H3,(H,14,15)(H,16,17). The number of carboxylic acids is 1. The van der Waals surface area contributed by atoms with Crippen LogP contribution in [-0.2, 0) is 9.59 Å². The third-order valence-corrected chi connectivity index (χ3v) is 3.21. The molecule has 0 aliphatic heterocycles. The second-order valence-corrected chi connectivity index (χ2v) is 6.11. The molecule has 1 rings (SSSR count). The van der Waals surface area contributed by atoms with Gasteiger partial charge in [0.05, 0.1) is 11.8 Å². The summed E-state index contributed by atoms with van der Waals surface area (Å²) in [4.78, 5) is 23.1. The van der Waals surface area contributed by atoms with E-state index in [1.807, 2.05) is 20.8 Å². The molecule has 0 aromatic heterocycles. The number of carbonyl (C=O) groups excluding carboxylic acids is 1. The number of carbonyl (C=O) groups is 2. The average Bonchev–Trinajstić information content (AvgIpc) is 2.25. The molecule has 1 amide bonds. The van der Waals surface area contributed by atoms with Crippen molar-refractivity contribution >= 4 is 11.9 Å². The molecule has 2 atom stereocenters. The highest BCUT2D eigenvalue weighted by molar-refractivity contribution is 5.84. The highest BCUT2D eigenvalue weighted by atomic mass is 16.4. The number of rotatable bonds is 3. The first kappa shape index (κ1) is 14.0. The quantitative estimate of drug-likeness (QED) is 0.794. The van der Waals surface area contributed by atoms with Crippen molar-refractivity contribution in [2.45, 2.75) is 46.5 Å². The van der Waals surface area contributed by atoms with Crippen molar-refractivity contribution in [2.75, 3.05) is 6.54 Å². The second kappa shape index (κ2) is 5.52. The van der Waals surface area contributed by atoms with Crippen LogP contribution in [0.2, 0.25) is 0 Å². The Balaban J connectivity index is 2.56. The minimum Gasteiger partial charge on any atom is -0.481 e. The summed E-state index contributed by atoms with van der Waals surface area (Å²) in [7, 11) is 0. The molecule has 1 aliphatic rings. The minimum atomic E-state index is -0.833. The summed E-state index contributed by atoms with van der Waals surface area (Å²) in [5, 5.41) is 12.0. The molecule has 17 heavy (non-hydrogen) atoms. The molecule has 98 valence electrons. The van der Waals surface area contributed by atoms with E-state index in [0.717, 1.165) is 12.8 Å². The van der Waals surface area contributed by atoms with E-state index < -0.39 is 11.9 Å². The first-order chi connectivity index (χ1) is 7.81. The molecule has 1 aliphatic carbocycles. The summed E-state index contributed by atoms with van der Waals surface area (Å²) in [5.74, 6) is -1.76. The smallest absolute Gasteiger partial charge is 0.307 e. The molecule has 4 heteroatoms. The van der Waals surface area contributed by atoms with Crippen molar-refractivity contribution in [1.82, 2.24) is 5.32 Å². The van der Waals surface area contributed by atoms with Crippen molar-refractivity contribution in [3.05, 3.63) is 0 Å². The molecule has 0 saturated heterocycles. The van der Waals surface area contributed by atoms with E-state index in [0.29, 0.717) is 19.4 Å². The van der Waals surface area contributed by atoms with Gasteiger partial charge in [0.2, 0.25) is 5.91 Å². The summed E-state index contributed by atoms with van der Waals surface area (Å²) in [6.07, 6.45) is 3.20. The maximum atomic E-state index is 12.0. The molecule has 0 radical (unpaired) electrons. The molecule has 2 N–H and O–H groups in total. The molecule has 0 aromatic rings. The van der Waals surface area contributed by atoms with Crippen molar-refractivity contribution < 1.29 is 14.7 Å². The molecule has 0 bridgehead atoms. The van der Waals surface area contributed by atoms with Crippen LogP contribution in [0.15, 0.2) is 0 Å². The summed E-state index contributed by atoms with van der Waals surface area (Å²) in [6.45, 7) is 6.73. The normalized spacial score (nSPS) is 25.4. The zero-order valence-electron chi connectivity index (χ0n) is 11.0. The maximum absolute atomic E-state index is 12.0. The Morgan fingerprint density at radius 2 is 1.71 bits per heavy atom. The van der Waals surface area contributed by atoms with Gasteiger partial charge in [0.15, 0.2) is 0 Å². The first-order valence-electron chi connectivity index (χ1n) is 6.32. The first-order valence-corrected chi connectivity index (χ1v) is 6.32. The number of amides is 1. The van der Waals surface area contributed by atoms with Gasteiger partial charge in [-0.05, 0) is 18.3 Å². The SMILES string of the molecule is CC(C)(C)CNC(=O)C1CCCCC1C(=O)O. The van der Waals surface area contributed by atoms with Crippen LogP contribution >= 0.6 is 0 Å². The monoisotopic (exact) mass is 241 g/mol. The third-order valence-electron chi connectivity index (χ3n) is 3.21. The fraction of sp³-hybridized carbons (Fsp3) is 0.846. The van der Waals surface area contributed by atoms with Crippen molar-refractivity contribution in [3.63, 3.8) is 0 Å². The van der Waals surface area contributed by atoms with E-state index in [-0.39, 0.29) is 17.2 Å². The molecule has 2 unspecified atom stereocenters. The maximum Gasteiger partial charge on any atom is 0.307 e.